The molecule has 0 heterocycles. The number of nitrogens with zero attached hydrogens (tertiary/aromatic N) is 1. The summed E-state index contributed by atoms with van der Waals surface area (Å²) < 4.78 is 0. The number of hydrogen-bond acceptors (Lipinski definition) is 3. The smallest absolute Gasteiger partial charge is 0.272 e. The van der Waals surface area contributed by atoms with Crippen LogP contribution in [0.15, 0.2) is 5.10 Å². The molecule has 2 amide bonds. The van der Waals surface area contributed by atoms with Crippen molar-refractivity contribution >= 4 is 11.7 Å². The summed E-state index contributed by atoms with van der Waals surface area (Å²) in [7, 11) is 1.60. The Labute approximate surface area is 59.8 Å². The third-order valence-corrected chi connectivity index (χ3v) is 0.620. The first kappa shape index (κ1) is 8.90. The van der Waals surface area contributed by atoms with E-state index in [1.54, 1.807) is 20.9 Å². The number of nitrogens with one attached hydrogen (secondary N) is 3. The van der Waals surface area contributed by atoms with E-state index < -0.39 is 0 Å². The standard InChI is InChI=1S/C5H12N4O/c1-4(2)7-9-5(10)8-6-3/h6H,1-3H3,(H2,8,9,10). The number of amides is 2. The Kier molecular flexibility index (Phi) is 4.23. The predicted molar refractivity (Wildman–Crippen MR) is 39.5 cm³/mol. The summed E-state index contributed by atoms with van der Waals surface area (Å²) in [6.07, 6.45) is 0. The van der Waals surface area contributed by atoms with E-state index in [-0.39, 0.29) is 6.03 Å². The van der Waals surface area contributed by atoms with Crippen molar-refractivity contribution in [3.05, 3.63) is 0 Å². The van der Waals surface area contributed by atoms with Crippen molar-refractivity contribution in [2.24, 2.45) is 5.10 Å². The average molecular weight is 144 g/mol. The van der Waals surface area contributed by atoms with Crippen LogP contribution in [0.4, 0.5) is 4.79 Å². The minimum atomic E-state index is -0.372. The summed E-state index contributed by atoms with van der Waals surface area (Å²) in [5.74, 6) is 0. The quantitative estimate of drug-likeness (QED) is 0.371. The molecule has 5 heteroatoms. The Morgan fingerprint density at radius 2 is 2.00 bits per heavy atom. The first-order chi connectivity index (χ1) is 4.66. The van der Waals surface area contributed by atoms with Crippen molar-refractivity contribution in [2.75, 3.05) is 7.05 Å². The molecule has 0 aromatic rings. The summed E-state index contributed by atoms with van der Waals surface area (Å²) >= 11 is 0. The highest BCUT2D eigenvalue weighted by Crippen LogP contribution is 1.68. The van der Waals surface area contributed by atoms with Gasteiger partial charge in [0.2, 0.25) is 0 Å². The van der Waals surface area contributed by atoms with E-state index in [2.05, 4.69) is 21.4 Å². The molecule has 0 aliphatic carbocycles. The van der Waals surface area contributed by atoms with Crippen LogP contribution < -0.4 is 16.3 Å². The SMILES string of the molecule is CNNC(=O)NN=C(C)C. The third-order valence-electron chi connectivity index (χ3n) is 0.620. The van der Waals surface area contributed by atoms with Crippen molar-refractivity contribution in [2.45, 2.75) is 13.8 Å². The van der Waals surface area contributed by atoms with Crippen LogP contribution in [-0.4, -0.2) is 18.8 Å². The third kappa shape index (κ3) is 5.04. The summed E-state index contributed by atoms with van der Waals surface area (Å²) in [5, 5.41) is 3.66. The molecule has 0 unspecified atom stereocenters. The number of urea groups is 1. The topological polar surface area (TPSA) is 65.5 Å². The van der Waals surface area contributed by atoms with Gasteiger partial charge in [-0.25, -0.2) is 15.6 Å². The summed E-state index contributed by atoms with van der Waals surface area (Å²) in [6.45, 7) is 3.58. The maximum absolute atomic E-state index is 10.6. The largest absolute Gasteiger partial charge is 0.349 e. The Balaban J connectivity index is 3.49. The number of hydrazone groups is 1. The molecule has 10 heavy (non-hydrogen) atoms. The molecule has 0 aromatic carbocycles. The number of hydrogen-bond donors (Lipinski definition) is 3. The molecule has 0 atom stereocenters. The van der Waals surface area contributed by atoms with Gasteiger partial charge in [0.05, 0.1) is 0 Å². The van der Waals surface area contributed by atoms with E-state index in [1.165, 1.54) is 0 Å². The van der Waals surface area contributed by atoms with Crippen LogP contribution >= 0.6 is 0 Å². The Bertz CT molecular complexity index is 139. The van der Waals surface area contributed by atoms with Gasteiger partial charge in [-0.15, -0.1) is 0 Å². The minimum Gasteiger partial charge on any atom is -0.272 e. The van der Waals surface area contributed by atoms with Crippen LogP contribution in [0.5, 0.6) is 0 Å². The second-order valence-electron chi connectivity index (χ2n) is 1.87. The summed E-state index contributed by atoms with van der Waals surface area (Å²) in [4.78, 5) is 10.6. The van der Waals surface area contributed by atoms with Crippen molar-refractivity contribution in [3.8, 4) is 0 Å². The van der Waals surface area contributed by atoms with Gasteiger partial charge in [-0.1, -0.05) is 0 Å². The normalized spacial score (nSPS) is 8.30. The maximum Gasteiger partial charge on any atom is 0.349 e. The van der Waals surface area contributed by atoms with Gasteiger partial charge in [-0.05, 0) is 13.8 Å². The van der Waals surface area contributed by atoms with Crippen LogP contribution in [-0.2, 0) is 0 Å². The molecule has 58 valence electrons. The van der Waals surface area contributed by atoms with Gasteiger partial charge < -0.3 is 0 Å². The predicted octanol–water partition coefficient (Wildman–Crippen LogP) is -0.184. The average Bonchev–Trinajstić information content (AvgIpc) is 1.85. The molecule has 0 radical (unpaired) electrons. The molecule has 0 saturated heterocycles. The molecule has 0 aliphatic heterocycles. The van der Waals surface area contributed by atoms with Crippen LogP contribution in [0.3, 0.4) is 0 Å². The van der Waals surface area contributed by atoms with Crippen LogP contribution in [0.2, 0.25) is 0 Å². The van der Waals surface area contributed by atoms with Gasteiger partial charge in [0.25, 0.3) is 0 Å². The molecular weight excluding hydrogens is 132 g/mol. The zero-order chi connectivity index (χ0) is 7.98. The van der Waals surface area contributed by atoms with E-state index in [1.807, 2.05) is 0 Å². The van der Waals surface area contributed by atoms with Gasteiger partial charge in [0.1, 0.15) is 0 Å². The molecule has 0 aromatic heterocycles. The van der Waals surface area contributed by atoms with Gasteiger partial charge in [-0.2, -0.15) is 5.10 Å². The second-order valence-corrected chi connectivity index (χ2v) is 1.87. The molecule has 0 rings (SSSR count). The fourth-order valence-electron chi connectivity index (χ4n) is 0.304. The lowest BCUT2D eigenvalue weighted by atomic mass is 10.5. The molecular formula is C5H12N4O. The molecule has 0 bridgehead atoms. The van der Waals surface area contributed by atoms with E-state index in [4.69, 9.17) is 0 Å². The van der Waals surface area contributed by atoms with E-state index in [0.29, 0.717) is 0 Å². The number of hydrazine groups is 1. The number of carbonyl (C=O) groups excluding carboxylic acids is 1. The van der Waals surface area contributed by atoms with Gasteiger partial charge in [0.15, 0.2) is 0 Å². The lowest BCUT2D eigenvalue weighted by Gasteiger charge is -2.00. The maximum atomic E-state index is 10.6. The van der Waals surface area contributed by atoms with Gasteiger partial charge in [-0.3, -0.25) is 5.43 Å². The van der Waals surface area contributed by atoms with Gasteiger partial charge in [0, 0.05) is 12.8 Å². The van der Waals surface area contributed by atoms with Crippen LogP contribution in [0.25, 0.3) is 0 Å². The molecule has 0 spiro atoms. The zero-order valence-corrected chi connectivity index (χ0v) is 6.36. The molecule has 5 nitrogen and oxygen atoms in total. The van der Waals surface area contributed by atoms with E-state index in [9.17, 15) is 4.79 Å². The number of carbonyl (C=O) groups is 1. The molecule has 0 aliphatic rings. The van der Waals surface area contributed by atoms with E-state index >= 15 is 0 Å². The lowest BCUT2D eigenvalue weighted by Crippen LogP contribution is -2.40. The highest BCUT2D eigenvalue weighted by molar-refractivity contribution is 5.81. The first-order valence-corrected chi connectivity index (χ1v) is 2.90. The van der Waals surface area contributed by atoms with E-state index in [0.717, 1.165) is 5.71 Å². The van der Waals surface area contributed by atoms with Crippen molar-refractivity contribution < 1.29 is 4.79 Å². The van der Waals surface area contributed by atoms with Gasteiger partial charge >= 0.3 is 6.03 Å². The minimum absolute atomic E-state index is 0.372. The number of rotatable bonds is 2. The second kappa shape index (κ2) is 4.75. The monoisotopic (exact) mass is 144 g/mol. The Hall–Kier alpha value is -1.10. The van der Waals surface area contributed by atoms with Crippen LogP contribution in [0.1, 0.15) is 13.8 Å². The molecule has 0 saturated carbocycles. The van der Waals surface area contributed by atoms with Crippen LogP contribution in [0, 0.1) is 0 Å². The fraction of sp³-hybridized carbons (Fsp3) is 0.600. The van der Waals surface area contributed by atoms with Crippen molar-refractivity contribution in [1.29, 1.82) is 0 Å². The Morgan fingerprint density at radius 1 is 1.40 bits per heavy atom. The highest BCUT2D eigenvalue weighted by atomic mass is 16.2. The zero-order valence-electron chi connectivity index (χ0n) is 6.36. The van der Waals surface area contributed by atoms with Crippen molar-refractivity contribution in [3.63, 3.8) is 0 Å². The Morgan fingerprint density at radius 3 is 2.40 bits per heavy atom. The summed E-state index contributed by atoms with van der Waals surface area (Å²) in [6, 6.07) is -0.372. The lowest BCUT2D eigenvalue weighted by molar-refractivity contribution is 0.238. The first-order valence-electron chi connectivity index (χ1n) is 2.90. The molecule has 0 fully saturated rings. The molecule has 3 N–H and O–H groups in total. The van der Waals surface area contributed by atoms with Crippen molar-refractivity contribution in [1.82, 2.24) is 16.3 Å². The highest BCUT2D eigenvalue weighted by Gasteiger charge is 1.91. The summed E-state index contributed by atoms with van der Waals surface area (Å²) in [5.41, 5.74) is 7.81. The fourth-order valence-corrected chi connectivity index (χ4v) is 0.304.